The highest BCUT2D eigenvalue weighted by atomic mass is 16.8. The summed E-state index contributed by atoms with van der Waals surface area (Å²) in [5.74, 6) is -2.96. The summed E-state index contributed by atoms with van der Waals surface area (Å²) in [7, 11) is 0. The second-order valence-corrected chi connectivity index (χ2v) is 26.6. The average molecular weight is 1150 g/mol. The number of carboxylic acids is 1. The highest BCUT2D eigenvalue weighted by Crippen LogP contribution is 2.76. The molecule has 25 heteroatoms. The number of carboxylic acid groups (broad SMARTS) is 1. The van der Waals surface area contributed by atoms with Crippen LogP contribution >= 0.6 is 0 Å². The molecule has 4 heterocycles. The van der Waals surface area contributed by atoms with Gasteiger partial charge in [0.25, 0.3) is 0 Å². The predicted molar refractivity (Wildman–Crippen MR) is 270 cm³/mol. The Morgan fingerprint density at radius 1 is 0.613 bits per heavy atom. The van der Waals surface area contributed by atoms with Crippen LogP contribution in [0.1, 0.15) is 107 Å². The summed E-state index contributed by atoms with van der Waals surface area (Å²) in [5.41, 5.74) is -3.63. The molecular formula is C55H88O25. The summed E-state index contributed by atoms with van der Waals surface area (Å²) in [6.07, 6.45) is -31.0. The molecule has 0 radical (unpaired) electrons. The lowest BCUT2D eigenvalue weighted by molar-refractivity contribution is -0.386. The second-order valence-electron chi connectivity index (χ2n) is 26.6. The molecule has 9 rings (SSSR count). The van der Waals surface area contributed by atoms with E-state index < -0.39 is 211 Å². The molecule has 14 N–H and O–H groups in total. The molecule has 458 valence electrons. The van der Waals surface area contributed by atoms with Crippen molar-refractivity contribution >= 4 is 11.9 Å². The quantitative estimate of drug-likeness (QED) is 0.0523. The molecule has 0 spiro atoms. The van der Waals surface area contributed by atoms with Crippen molar-refractivity contribution < 1.29 is 124 Å². The molecule has 9 aliphatic rings. The lowest BCUT2D eigenvalue weighted by Gasteiger charge is -2.72. The topological polar surface area (TPSA) is 400 Å². The number of allylic oxidation sites excluding steroid dienone is 2. The number of esters is 1. The van der Waals surface area contributed by atoms with E-state index in [1.807, 2.05) is 27.7 Å². The monoisotopic (exact) mass is 1150 g/mol. The van der Waals surface area contributed by atoms with Gasteiger partial charge in [-0.15, -0.1) is 0 Å². The van der Waals surface area contributed by atoms with Crippen LogP contribution in [0.25, 0.3) is 0 Å². The Morgan fingerprint density at radius 3 is 1.75 bits per heavy atom. The fourth-order valence-corrected chi connectivity index (χ4v) is 17.0. The van der Waals surface area contributed by atoms with Crippen LogP contribution in [0.5, 0.6) is 0 Å². The minimum atomic E-state index is -2.12. The van der Waals surface area contributed by atoms with Crippen LogP contribution < -0.4 is 0 Å². The van der Waals surface area contributed by atoms with E-state index in [-0.39, 0.29) is 18.3 Å². The molecule has 0 aromatic rings. The van der Waals surface area contributed by atoms with Crippen molar-refractivity contribution in [1.29, 1.82) is 0 Å². The molecule has 30 atom stereocenters. The molecular weight excluding hydrogens is 1060 g/mol. The van der Waals surface area contributed by atoms with Crippen molar-refractivity contribution in [3.63, 3.8) is 0 Å². The zero-order valence-corrected chi connectivity index (χ0v) is 46.9. The van der Waals surface area contributed by atoms with Gasteiger partial charge in [-0.1, -0.05) is 60.1 Å². The van der Waals surface area contributed by atoms with Gasteiger partial charge in [0.1, 0.15) is 91.6 Å². The smallest absolute Gasteiger partial charge is 0.335 e. The highest BCUT2D eigenvalue weighted by Gasteiger charge is 2.74. The van der Waals surface area contributed by atoms with Crippen molar-refractivity contribution in [3.05, 3.63) is 11.6 Å². The SMILES string of the molecule is CC(=O)O[C@H]1[C@H](O[C@@H]2O[C@@H](C)[C@H](O)[C@@H](O)[C@H]2O)C(C)(C)CC2C3=CCC4[C@@]5(C)CC[C@H](O[C@@H]6O[C@H](C(=O)O)[C@@H](O)[C@H](O[C@@H]7O[C@@H](CO)[C@H](O)[C@H]7O)[C@H]6O[C@@H]6O[C@H](CO)[C@H](O)[C@H](O)[C@H]6O)C(C)(C)C5CC[C@@]4(C)[C@]3(C)C[C@@H](O)[C@]21CO. The number of hydrogen-bond donors (Lipinski definition) is 14. The Morgan fingerprint density at radius 2 is 1.18 bits per heavy atom. The van der Waals surface area contributed by atoms with Gasteiger partial charge >= 0.3 is 11.9 Å². The predicted octanol–water partition coefficient (Wildman–Crippen LogP) is -2.32. The Kier molecular flexibility index (Phi) is 17.4. The molecule has 25 nitrogen and oxygen atoms in total. The van der Waals surface area contributed by atoms with E-state index >= 15 is 0 Å². The third-order valence-electron chi connectivity index (χ3n) is 21.7. The number of aliphatic hydroxyl groups is 13. The molecule has 0 bridgehead atoms. The number of carbonyl (C=O) groups excluding carboxylic acids is 1. The molecule has 8 fully saturated rings. The molecule has 80 heavy (non-hydrogen) atoms. The molecule has 0 aromatic carbocycles. The van der Waals surface area contributed by atoms with E-state index in [0.29, 0.717) is 38.5 Å². The fourth-order valence-electron chi connectivity index (χ4n) is 17.0. The maximum atomic E-state index is 13.1. The maximum Gasteiger partial charge on any atom is 0.335 e. The molecule has 4 aliphatic heterocycles. The van der Waals surface area contributed by atoms with Gasteiger partial charge in [-0.3, -0.25) is 4.79 Å². The zero-order valence-electron chi connectivity index (χ0n) is 46.9. The molecule has 4 saturated carbocycles. The summed E-state index contributed by atoms with van der Waals surface area (Å²) < 4.78 is 55.1. The summed E-state index contributed by atoms with van der Waals surface area (Å²) in [4.78, 5) is 26.0. The van der Waals surface area contributed by atoms with Gasteiger partial charge in [0, 0.05) is 6.92 Å². The first-order valence-corrected chi connectivity index (χ1v) is 28.3. The number of ether oxygens (including phenoxy) is 9. The summed E-state index contributed by atoms with van der Waals surface area (Å²) >= 11 is 0. The molecule has 4 saturated heterocycles. The van der Waals surface area contributed by atoms with Crippen molar-refractivity contribution in [2.24, 2.45) is 50.2 Å². The van der Waals surface area contributed by atoms with Crippen molar-refractivity contribution in [3.8, 4) is 0 Å². The first-order chi connectivity index (χ1) is 37.3. The fraction of sp³-hybridized carbons (Fsp3) is 0.927. The van der Waals surface area contributed by atoms with Crippen LogP contribution in [0.15, 0.2) is 11.6 Å². The largest absolute Gasteiger partial charge is 0.479 e. The Balaban J connectivity index is 1.02. The number of aliphatic carboxylic acids is 1. The number of fused-ring (bicyclic) bond motifs is 7. The van der Waals surface area contributed by atoms with Gasteiger partial charge in [-0.05, 0) is 96.7 Å². The Labute approximate surface area is 464 Å². The first kappa shape index (κ1) is 62.4. The zero-order chi connectivity index (χ0) is 58.9. The maximum absolute atomic E-state index is 13.1. The third-order valence-corrected chi connectivity index (χ3v) is 21.7. The minimum Gasteiger partial charge on any atom is -0.479 e. The molecule has 0 amide bonds. The standard InChI is InChI=1S/C55H88O25/c1-21-31(61)34(64)37(67)46(72-21)80-43-44(73-22(2)59)55(20-58)24(16-50(43,3)4)23-10-11-28-52(7)14-13-30(51(5,6)27(52)12-15-53(28,8)54(23,9)17-29(55)60)76-49-42(79-48-38(68)35(65)32(62)25(18-56)74-48)40(39(69)41(78-49)45(70)71)77-47-36(66)33(63)26(19-57)75-47/h10,21,24-44,46-49,56-58,60-69H,11-20H2,1-9H3,(H,70,71)/t21-,24?,25+,26-,27?,28?,29+,30-,31-,32-,33-,34+,35-,36+,37+,38+,39-,40-,41-,42+,43-,44-,46-,47-,48-,49+,52-,53+,54+,55-/m0/s1. The van der Waals surface area contributed by atoms with E-state index in [9.17, 15) is 81.1 Å². The van der Waals surface area contributed by atoms with E-state index in [4.69, 9.17) is 42.6 Å². The van der Waals surface area contributed by atoms with Crippen LogP contribution in [0, 0.1) is 50.2 Å². The van der Waals surface area contributed by atoms with Crippen molar-refractivity contribution in [2.45, 2.75) is 248 Å². The van der Waals surface area contributed by atoms with Gasteiger partial charge < -0.3 is 114 Å². The lowest BCUT2D eigenvalue weighted by atomic mass is 9.33. The molecule has 3 unspecified atom stereocenters. The van der Waals surface area contributed by atoms with Gasteiger partial charge in [0.15, 0.2) is 31.3 Å². The third kappa shape index (κ3) is 9.74. The number of hydrogen-bond acceptors (Lipinski definition) is 24. The average Bonchev–Trinajstić information content (AvgIpc) is 1.90. The Bertz CT molecular complexity index is 2270. The van der Waals surface area contributed by atoms with Gasteiger partial charge in [-0.25, -0.2) is 4.79 Å². The van der Waals surface area contributed by atoms with Gasteiger partial charge in [0.05, 0.1) is 43.5 Å². The number of carbonyl (C=O) groups is 2. The molecule has 5 aliphatic carbocycles. The second kappa shape index (κ2) is 22.3. The van der Waals surface area contributed by atoms with E-state index in [2.05, 4.69) is 26.8 Å². The van der Waals surface area contributed by atoms with Crippen LogP contribution in [0.2, 0.25) is 0 Å². The van der Waals surface area contributed by atoms with Crippen LogP contribution in [0.4, 0.5) is 0 Å². The summed E-state index contributed by atoms with van der Waals surface area (Å²) in [5, 5.41) is 153. The van der Waals surface area contributed by atoms with E-state index in [1.165, 1.54) is 13.8 Å². The lowest BCUT2D eigenvalue weighted by Crippen LogP contribution is -2.73. The van der Waals surface area contributed by atoms with E-state index in [1.54, 1.807) is 0 Å². The van der Waals surface area contributed by atoms with Crippen LogP contribution in [-0.4, -0.2) is 244 Å². The summed E-state index contributed by atoms with van der Waals surface area (Å²) in [6, 6.07) is 0. The normalized spacial score (nSPS) is 53.5. The van der Waals surface area contributed by atoms with Crippen molar-refractivity contribution in [1.82, 2.24) is 0 Å². The van der Waals surface area contributed by atoms with Crippen LogP contribution in [-0.2, 0) is 52.2 Å². The highest BCUT2D eigenvalue weighted by molar-refractivity contribution is 5.73. The Hall–Kier alpha value is -2.16. The first-order valence-electron chi connectivity index (χ1n) is 28.3. The van der Waals surface area contributed by atoms with E-state index in [0.717, 1.165) is 5.57 Å². The van der Waals surface area contributed by atoms with Gasteiger partial charge in [0.2, 0.25) is 0 Å². The molecule has 0 aromatic heterocycles. The summed E-state index contributed by atoms with van der Waals surface area (Å²) in [6.45, 7) is 15.2. The number of rotatable bonds is 13. The minimum absolute atomic E-state index is 0.00402. The number of aliphatic hydroxyl groups excluding tert-OH is 13. The van der Waals surface area contributed by atoms with Crippen LogP contribution in [0.3, 0.4) is 0 Å². The van der Waals surface area contributed by atoms with Crippen molar-refractivity contribution in [2.75, 3.05) is 19.8 Å². The van der Waals surface area contributed by atoms with Gasteiger partial charge in [-0.2, -0.15) is 0 Å².